The van der Waals surface area contributed by atoms with Gasteiger partial charge in [-0.3, -0.25) is 9.59 Å². The first kappa shape index (κ1) is 28.3. The van der Waals surface area contributed by atoms with Crippen molar-refractivity contribution in [2.45, 2.75) is 38.5 Å². The van der Waals surface area contributed by atoms with Crippen LogP contribution in [-0.2, 0) is 21.2 Å². The average Bonchev–Trinajstić information content (AvgIpc) is 2.92. The normalized spacial score (nSPS) is 18.3. The van der Waals surface area contributed by atoms with Gasteiger partial charge >= 0.3 is 0 Å². The second-order valence-corrected chi connectivity index (χ2v) is 12.6. The zero-order chi connectivity index (χ0) is 27.1. The molecule has 0 aliphatic carbocycles. The van der Waals surface area contributed by atoms with Crippen LogP contribution in [0.1, 0.15) is 48.0 Å². The summed E-state index contributed by atoms with van der Waals surface area (Å²) in [6, 6.07) is 17.4. The maximum atomic E-state index is 13.5. The van der Waals surface area contributed by atoms with Gasteiger partial charge in [-0.2, -0.15) is 0 Å². The molecule has 0 unspecified atom stereocenters. The molecule has 2 aliphatic heterocycles. The van der Waals surface area contributed by atoms with Gasteiger partial charge in [0.2, 0.25) is 21.8 Å². The van der Waals surface area contributed by atoms with Gasteiger partial charge in [-0.15, -0.1) is 0 Å². The number of hydrogen-bond acceptors (Lipinski definition) is 5. The Bertz CT molecular complexity index is 1170. The van der Waals surface area contributed by atoms with E-state index in [1.54, 1.807) is 0 Å². The first-order valence-electron chi connectivity index (χ1n) is 13.6. The summed E-state index contributed by atoms with van der Waals surface area (Å²) in [5, 5.41) is 0. The van der Waals surface area contributed by atoms with Crippen LogP contribution in [0.4, 0.5) is 5.69 Å². The minimum absolute atomic E-state index is 0.102. The van der Waals surface area contributed by atoms with Gasteiger partial charge in [-0.25, -0.2) is 12.7 Å². The van der Waals surface area contributed by atoms with Crippen molar-refractivity contribution in [3.8, 4) is 0 Å². The third-order valence-electron chi connectivity index (χ3n) is 7.93. The predicted molar refractivity (Wildman–Crippen MR) is 150 cm³/mol. The lowest BCUT2D eigenvalue weighted by molar-refractivity contribution is -0.123. The number of nitrogens with zero attached hydrogens (tertiary/aromatic N) is 3. The number of hydrogen-bond donors (Lipinski definition) is 1. The molecule has 0 bridgehead atoms. The minimum atomic E-state index is -3.21. The summed E-state index contributed by atoms with van der Waals surface area (Å²) in [6.45, 7) is 4.51. The van der Waals surface area contributed by atoms with Crippen LogP contribution in [0.5, 0.6) is 0 Å². The van der Waals surface area contributed by atoms with Gasteiger partial charge in [0.05, 0.1) is 6.26 Å². The van der Waals surface area contributed by atoms with Crippen LogP contribution in [0.15, 0.2) is 54.6 Å². The molecule has 0 radical (unpaired) electrons. The zero-order valence-electron chi connectivity index (χ0n) is 22.3. The Balaban J connectivity index is 1.26. The Hall–Kier alpha value is -2.75. The second-order valence-electron chi connectivity index (χ2n) is 10.7. The van der Waals surface area contributed by atoms with Gasteiger partial charge < -0.3 is 15.5 Å². The molecule has 2 amide bonds. The lowest BCUT2D eigenvalue weighted by Gasteiger charge is -2.34. The van der Waals surface area contributed by atoms with E-state index in [9.17, 15) is 18.0 Å². The number of carbonyl (C=O) groups excluding carboxylic acids is 2. The third kappa shape index (κ3) is 7.65. The number of para-hydroxylation sites is 1. The number of benzene rings is 2. The number of amides is 2. The van der Waals surface area contributed by atoms with Gasteiger partial charge in [0, 0.05) is 36.8 Å². The van der Waals surface area contributed by atoms with E-state index in [4.69, 9.17) is 5.73 Å². The number of anilines is 1. The molecule has 2 aromatic carbocycles. The first-order valence-corrected chi connectivity index (χ1v) is 15.5. The molecule has 2 aliphatic rings. The molecule has 2 saturated heterocycles. The monoisotopic (exact) mass is 540 g/mol. The Morgan fingerprint density at radius 2 is 1.55 bits per heavy atom. The predicted octanol–water partition coefficient (Wildman–Crippen LogP) is 3.13. The van der Waals surface area contributed by atoms with Crippen LogP contribution in [0.2, 0.25) is 0 Å². The molecule has 9 heteroatoms. The van der Waals surface area contributed by atoms with Crippen LogP contribution >= 0.6 is 0 Å². The van der Waals surface area contributed by atoms with Crippen molar-refractivity contribution >= 4 is 27.5 Å². The third-order valence-corrected chi connectivity index (χ3v) is 9.24. The summed E-state index contributed by atoms with van der Waals surface area (Å²) in [7, 11) is -3.21. The molecule has 2 fully saturated rings. The van der Waals surface area contributed by atoms with Gasteiger partial charge in [-0.05, 0) is 93.9 Å². The second kappa shape index (κ2) is 12.9. The molecular weight excluding hydrogens is 500 g/mol. The fourth-order valence-electron chi connectivity index (χ4n) is 5.63. The lowest BCUT2D eigenvalue weighted by Crippen LogP contribution is -2.45. The Morgan fingerprint density at radius 3 is 2.13 bits per heavy atom. The van der Waals surface area contributed by atoms with E-state index < -0.39 is 15.9 Å². The summed E-state index contributed by atoms with van der Waals surface area (Å²) >= 11 is 0. The highest BCUT2D eigenvalue weighted by atomic mass is 32.2. The van der Waals surface area contributed by atoms with Crippen molar-refractivity contribution in [1.82, 2.24) is 9.21 Å². The number of piperidine rings is 2. The van der Waals surface area contributed by atoms with Crippen molar-refractivity contribution < 1.29 is 18.0 Å². The number of primary amides is 1. The molecule has 2 heterocycles. The molecule has 0 atom stereocenters. The zero-order valence-corrected chi connectivity index (χ0v) is 23.1. The summed E-state index contributed by atoms with van der Waals surface area (Å²) < 4.78 is 25.2. The molecule has 2 N–H and O–H groups in total. The molecule has 8 nitrogen and oxygen atoms in total. The highest BCUT2D eigenvalue weighted by Gasteiger charge is 2.32. The van der Waals surface area contributed by atoms with Crippen molar-refractivity contribution in [3.63, 3.8) is 0 Å². The quantitative estimate of drug-likeness (QED) is 0.499. The van der Waals surface area contributed by atoms with Crippen molar-refractivity contribution in [3.05, 3.63) is 65.7 Å². The molecule has 206 valence electrons. The molecular formula is C29H40N4O4S. The SMILES string of the molecule is CS(=O)(=O)N1CCC(C(=O)N(CCCN2CCC(Cc3ccc(C(N)=O)cc3)CC2)c2ccccc2)CC1. The maximum absolute atomic E-state index is 13.5. The maximum Gasteiger partial charge on any atom is 0.248 e. The van der Waals surface area contributed by atoms with Crippen LogP contribution < -0.4 is 10.6 Å². The van der Waals surface area contributed by atoms with E-state index in [0.29, 0.717) is 44.0 Å². The smallest absolute Gasteiger partial charge is 0.248 e. The van der Waals surface area contributed by atoms with Crippen molar-refractivity contribution in [2.75, 3.05) is 50.4 Å². The summed E-state index contributed by atoms with van der Waals surface area (Å²) in [4.78, 5) is 29.2. The van der Waals surface area contributed by atoms with E-state index in [1.165, 1.54) is 16.1 Å². The highest BCUT2D eigenvalue weighted by Crippen LogP contribution is 2.26. The topological polar surface area (TPSA) is 104 Å². The fourth-order valence-corrected chi connectivity index (χ4v) is 6.51. The van der Waals surface area contributed by atoms with Crippen molar-refractivity contribution in [1.29, 1.82) is 0 Å². The van der Waals surface area contributed by atoms with Crippen molar-refractivity contribution in [2.24, 2.45) is 17.6 Å². The number of rotatable bonds is 10. The Morgan fingerprint density at radius 1 is 0.921 bits per heavy atom. The molecule has 0 spiro atoms. The van der Waals surface area contributed by atoms with E-state index in [-0.39, 0.29) is 11.8 Å². The molecule has 0 saturated carbocycles. The van der Waals surface area contributed by atoms with Crippen LogP contribution in [0.3, 0.4) is 0 Å². The minimum Gasteiger partial charge on any atom is -0.366 e. The van der Waals surface area contributed by atoms with E-state index in [1.807, 2.05) is 59.5 Å². The standard InChI is InChI=1S/C29H40N4O4S/c1-38(36,37)32-20-14-26(15-21-32)29(35)33(27-6-3-2-4-7-27)17-5-16-31-18-12-24(13-19-31)22-23-8-10-25(11-9-23)28(30)34/h2-4,6-11,24,26H,5,12-22H2,1H3,(H2,30,34). The lowest BCUT2D eigenvalue weighted by atomic mass is 9.90. The number of carbonyl (C=O) groups is 2. The molecule has 2 aromatic rings. The molecule has 0 aromatic heterocycles. The average molecular weight is 541 g/mol. The van der Waals surface area contributed by atoms with E-state index >= 15 is 0 Å². The van der Waals surface area contributed by atoms with Crippen LogP contribution in [0.25, 0.3) is 0 Å². The van der Waals surface area contributed by atoms with Gasteiger partial charge in [-0.1, -0.05) is 30.3 Å². The molecule has 38 heavy (non-hydrogen) atoms. The van der Waals surface area contributed by atoms with Gasteiger partial charge in [0.1, 0.15) is 0 Å². The summed E-state index contributed by atoms with van der Waals surface area (Å²) in [5.74, 6) is 0.187. The molecule has 4 rings (SSSR count). The summed E-state index contributed by atoms with van der Waals surface area (Å²) in [6.07, 6.45) is 6.54. The van der Waals surface area contributed by atoms with Gasteiger partial charge in [0.25, 0.3) is 0 Å². The summed E-state index contributed by atoms with van der Waals surface area (Å²) in [5.41, 5.74) is 8.04. The van der Waals surface area contributed by atoms with Gasteiger partial charge in [0.15, 0.2) is 0 Å². The number of sulfonamides is 1. The van der Waals surface area contributed by atoms with Crippen LogP contribution in [-0.4, -0.2) is 75.0 Å². The number of nitrogens with two attached hydrogens (primary N) is 1. The largest absolute Gasteiger partial charge is 0.366 e. The van der Waals surface area contributed by atoms with E-state index in [2.05, 4.69) is 4.90 Å². The Labute approximate surface area is 226 Å². The number of likely N-dealkylation sites (tertiary alicyclic amines) is 1. The first-order chi connectivity index (χ1) is 18.2. The highest BCUT2D eigenvalue weighted by molar-refractivity contribution is 7.88. The van der Waals surface area contributed by atoms with E-state index in [0.717, 1.165) is 51.0 Å². The Kier molecular flexibility index (Phi) is 9.57. The fraction of sp³-hybridized carbons (Fsp3) is 0.517. The van der Waals surface area contributed by atoms with Crippen LogP contribution in [0, 0.1) is 11.8 Å².